The molecule has 3 heteroatoms. The Morgan fingerprint density at radius 2 is 1.95 bits per heavy atom. The Morgan fingerprint density at radius 1 is 1.26 bits per heavy atom. The van der Waals surface area contributed by atoms with Crippen molar-refractivity contribution in [1.29, 1.82) is 0 Å². The molecule has 1 aromatic heterocycles. The first kappa shape index (κ1) is 16.0. The topological polar surface area (TPSA) is 28.2 Å². The molecular formula is C16H29N3. The van der Waals surface area contributed by atoms with E-state index in [-0.39, 0.29) is 0 Å². The van der Waals surface area contributed by atoms with E-state index in [0.29, 0.717) is 12.0 Å². The maximum Gasteiger partial charge on any atom is 0.0447 e. The summed E-state index contributed by atoms with van der Waals surface area (Å²) in [6.07, 6.45) is 2.02. The quantitative estimate of drug-likeness (QED) is 0.817. The first-order chi connectivity index (χ1) is 8.95. The number of hydrogen-bond donors (Lipinski definition) is 1. The van der Waals surface area contributed by atoms with E-state index in [1.807, 2.05) is 6.20 Å². The Kier molecular flexibility index (Phi) is 6.29. The third kappa shape index (κ3) is 4.83. The zero-order valence-electron chi connectivity index (χ0n) is 13.3. The molecule has 108 valence electrons. The first-order valence-electron chi connectivity index (χ1n) is 7.38. The highest BCUT2D eigenvalue weighted by Gasteiger charge is 2.16. The summed E-state index contributed by atoms with van der Waals surface area (Å²) in [5.74, 6) is 0.655. The largest absolute Gasteiger partial charge is 0.368 e. The van der Waals surface area contributed by atoms with Gasteiger partial charge in [-0.25, -0.2) is 0 Å². The van der Waals surface area contributed by atoms with Crippen molar-refractivity contribution in [3.05, 3.63) is 23.5 Å². The second-order valence-electron chi connectivity index (χ2n) is 5.87. The van der Waals surface area contributed by atoms with Crippen molar-refractivity contribution in [3.63, 3.8) is 0 Å². The van der Waals surface area contributed by atoms with Gasteiger partial charge in [0.05, 0.1) is 0 Å². The molecule has 1 aromatic rings. The third-order valence-electron chi connectivity index (χ3n) is 3.16. The average Bonchev–Trinajstić information content (AvgIpc) is 2.34. The van der Waals surface area contributed by atoms with Gasteiger partial charge in [0.25, 0.3) is 0 Å². The molecule has 1 rings (SSSR count). The molecule has 0 spiro atoms. The Hall–Kier alpha value is -1.09. The molecule has 1 N–H and O–H groups in total. The molecule has 0 fully saturated rings. The van der Waals surface area contributed by atoms with Crippen LogP contribution in [-0.2, 0) is 6.54 Å². The fourth-order valence-corrected chi connectivity index (χ4v) is 2.22. The van der Waals surface area contributed by atoms with Gasteiger partial charge in [-0.1, -0.05) is 20.8 Å². The Bertz CT molecular complexity index is 386. The van der Waals surface area contributed by atoms with Gasteiger partial charge in [-0.2, -0.15) is 0 Å². The van der Waals surface area contributed by atoms with Crippen LogP contribution in [-0.4, -0.2) is 24.1 Å². The summed E-state index contributed by atoms with van der Waals surface area (Å²) < 4.78 is 0. The van der Waals surface area contributed by atoms with Gasteiger partial charge < -0.3 is 10.2 Å². The lowest BCUT2D eigenvalue weighted by Crippen LogP contribution is -2.35. The van der Waals surface area contributed by atoms with Crippen molar-refractivity contribution in [2.75, 3.05) is 18.0 Å². The van der Waals surface area contributed by atoms with Gasteiger partial charge in [0.2, 0.25) is 0 Å². The normalized spacial score (nSPS) is 11.4. The van der Waals surface area contributed by atoms with Crippen molar-refractivity contribution in [2.45, 2.75) is 54.1 Å². The molecule has 0 atom stereocenters. The fourth-order valence-electron chi connectivity index (χ4n) is 2.22. The lowest BCUT2D eigenvalue weighted by Gasteiger charge is -2.32. The molecule has 0 radical (unpaired) electrons. The van der Waals surface area contributed by atoms with E-state index < -0.39 is 0 Å². The van der Waals surface area contributed by atoms with Crippen molar-refractivity contribution in [2.24, 2.45) is 5.92 Å². The number of nitrogens with zero attached hydrogens (tertiary/aromatic N) is 2. The highest BCUT2D eigenvalue weighted by Crippen LogP contribution is 2.24. The Balaban J connectivity index is 3.07. The molecule has 0 aliphatic carbocycles. The van der Waals surface area contributed by atoms with Gasteiger partial charge in [0, 0.05) is 42.3 Å². The second-order valence-corrected chi connectivity index (χ2v) is 5.87. The van der Waals surface area contributed by atoms with E-state index in [4.69, 9.17) is 0 Å². The van der Waals surface area contributed by atoms with Crippen molar-refractivity contribution in [3.8, 4) is 0 Å². The zero-order valence-corrected chi connectivity index (χ0v) is 13.3. The van der Waals surface area contributed by atoms with Crippen LogP contribution in [0.4, 0.5) is 5.69 Å². The molecule has 3 nitrogen and oxygen atoms in total. The van der Waals surface area contributed by atoms with Gasteiger partial charge in [-0.3, -0.25) is 4.98 Å². The van der Waals surface area contributed by atoms with Crippen molar-refractivity contribution >= 4 is 5.69 Å². The predicted molar refractivity (Wildman–Crippen MR) is 83.7 cm³/mol. The van der Waals surface area contributed by atoms with E-state index in [1.165, 1.54) is 11.3 Å². The number of hydrogen-bond acceptors (Lipinski definition) is 3. The third-order valence-corrected chi connectivity index (χ3v) is 3.16. The summed E-state index contributed by atoms with van der Waals surface area (Å²) in [7, 11) is 0. The molecule has 0 aromatic carbocycles. The summed E-state index contributed by atoms with van der Waals surface area (Å²) in [6.45, 7) is 16.2. The standard InChI is InChI=1S/C16H29N3/c1-7-17-9-15-10-18-14(6)8-16(15)19(13(4)5)11-12(2)3/h8,10,12-13,17H,7,9,11H2,1-6H3. The lowest BCUT2D eigenvalue weighted by molar-refractivity contribution is 0.567. The maximum atomic E-state index is 4.45. The summed E-state index contributed by atoms with van der Waals surface area (Å²) in [6, 6.07) is 2.72. The Labute approximate surface area is 118 Å². The van der Waals surface area contributed by atoms with Crippen molar-refractivity contribution in [1.82, 2.24) is 10.3 Å². The van der Waals surface area contributed by atoms with Gasteiger partial charge in [-0.05, 0) is 39.3 Å². The number of nitrogens with one attached hydrogen (secondary N) is 1. The van der Waals surface area contributed by atoms with Gasteiger partial charge >= 0.3 is 0 Å². The molecule has 19 heavy (non-hydrogen) atoms. The lowest BCUT2D eigenvalue weighted by atomic mass is 10.1. The number of rotatable bonds is 7. The molecule has 0 aliphatic heterocycles. The smallest absolute Gasteiger partial charge is 0.0447 e. The minimum absolute atomic E-state index is 0.504. The van der Waals surface area contributed by atoms with Crippen LogP contribution < -0.4 is 10.2 Å². The van der Waals surface area contributed by atoms with Crippen LogP contribution in [0.2, 0.25) is 0 Å². The molecule has 0 amide bonds. The SMILES string of the molecule is CCNCc1cnc(C)cc1N(CC(C)C)C(C)C. The van der Waals surface area contributed by atoms with Crippen LogP contribution in [0.5, 0.6) is 0 Å². The number of pyridine rings is 1. The molecule has 0 saturated carbocycles. The molecule has 0 aliphatic rings. The summed E-state index contributed by atoms with van der Waals surface area (Å²) >= 11 is 0. The first-order valence-corrected chi connectivity index (χ1v) is 7.38. The second kappa shape index (κ2) is 7.49. The van der Waals surface area contributed by atoms with Gasteiger partial charge in [0.15, 0.2) is 0 Å². The van der Waals surface area contributed by atoms with Crippen LogP contribution in [0.25, 0.3) is 0 Å². The van der Waals surface area contributed by atoms with Gasteiger partial charge in [0.1, 0.15) is 0 Å². The molecule has 0 saturated heterocycles. The number of anilines is 1. The van der Waals surface area contributed by atoms with E-state index >= 15 is 0 Å². The average molecular weight is 263 g/mol. The maximum absolute atomic E-state index is 4.45. The molecule has 0 unspecified atom stereocenters. The number of aryl methyl sites for hydroxylation is 1. The minimum Gasteiger partial charge on any atom is -0.368 e. The van der Waals surface area contributed by atoms with Crippen LogP contribution in [0.3, 0.4) is 0 Å². The Morgan fingerprint density at radius 3 is 2.47 bits per heavy atom. The number of aromatic nitrogens is 1. The minimum atomic E-state index is 0.504. The predicted octanol–water partition coefficient (Wildman–Crippen LogP) is 3.37. The van der Waals surface area contributed by atoms with E-state index in [9.17, 15) is 0 Å². The molecule has 0 bridgehead atoms. The van der Waals surface area contributed by atoms with E-state index in [0.717, 1.165) is 25.3 Å². The fraction of sp³-hybridized carbons (Fsp3) is 0.688. The highest BCUT2D eigenvalue weighted by molar-refractivity contribution is 5.54. The summed E-state index contributed by atoms with van der Waals surface area (Å²) in [5.41, 5.74) is 3.71. The molecular weight excluding hydrogens is 234 g/mol. The van der Waals surface area contributed by atoms with Crippen molar-refractivity contribution < 1.29 is 0 Å². The van der Waals surface area contributed by atoms with E-state index in [1.54, 1.807) is 0 Å². The van der Waals surface area contributed by atoms with Crippen LogP contribution in [0.1, 0.15) is 45.9 Å². The monoisotopic (exact) mass is 263 g/mol. The van der Waals surface area contributed by atoms with Gasteiger partial charge in [-0.15, -0.1) is 0 Å². The molecule has 1 heterocycles. The van der Waals surface area contributed by atoms with Crippen LogP contribution >= 0.6 is 0 Å². The highest BCUT2D eigenvalue weighted by atomic mass is 15.2. The van der Waals surface area contributed by atoms with Crippen LogP contribution in [0, 0.1) is 12.8 Å². The summed E-state index contributed by atoms with van der Waals surface area (Å²) in [4.78, 5) is 6.94. The van der Waals surface area contributed by atoms with Crippen LogP contribution in [0.15, 0.2) is 12.3 Å². The van der Waals surface area contributed by atoms with E-state index in [2.05, 4.69) is 62.8 Å². The summed E-state index contributed by atoms with van der Waals surface area (Å²) in [5, 5.41) is 3.40. The zero-order chi connectivity index (χ0) is 14.4.